The minimum Gasteiger partial charge on any atom is -0.493 e. The van der Waals surface area contributed by atoms with Gasteiger partial charge in [0.1, 0.15) is 23.3 Å². The molecule has 0 unspecified atom stereocenters. The Bertz CT molecular complexity index is 1100. The zero-order valence-corrected chi connectivity index (χ0v) is 23.3. The summed E-state index contributed by atoms with van der Waals surface area (Å²) in [5.41, 5.74) is 2.03. The Hall–Kier alpha value is -3.02. The monoisotopic (exact) mass is 512 g/mol. The van der Waals surface area contributed by atoms with E-state index in [1.165, 1.54) is 56.6 Å². The van der Waals surface area contributed by atoms with E-state index in [9.17, 15) is 9.59 Å². The van der Waals surface area contributed by atoms with Crippen molar-refractivity contribution in [3.63, 3.8) is 0 Å². The number of carbonyl (C=O) groups excluding carboxylic acids is 1. The van der Waals surface area contributed by atoms with Crippen LogP contribution in [0.15, 0.2) is 50.7 Å². The van der Waals surface area contributed by atoms with E-state index >= 15 is 0 Å². The second-order valence-corrected chi connectivity index (χ2v) is 9.78. The van der Waals surface area contributed by atoms with Gasteiger partial charge in [0.2, 0.25) is 0 Å². The highest BCUT2D eigenvalue weighted by atomic mass is 16.6. The molecule has 0 spiro atoms. The van der Waals surface area contributed by atoms with Gasteiger partial charge >= 0.3 is 11.6 Å². The normalized spacial score (nSPS) is 11.4. The molecule has 0 N–H and O–H groups in total. The zero-order valence-electron chi connectivity index (χ0n) is 23.3. The quantitative estimate of drug-likeness (QED) is 0.0918. The van der Waals surface area contributed by atoms with Crippen LogP contribution in [0.25, 0.3) is 11.0 Å². The predicted molar refractivity (Wildman–Crippen MR) is 150 cm³/mol. The molecule has 6 nitrogen and oxygen atoms in total. The second-order valence-electron chi connectivity index (χ2n) is 9.78. The van der Waals surface area contributed by atoms with Crippen LogP contribution in [0, 0.1) is 0 Å². The number of benzene rings is 1. The summed E-state index contributed by atoms with van der Waals surface area (Å²) >= 11 is 0. The number of hydrogen-bond acceptors (Lipinski definition) is 6. The van der Waals surface area contributed by atoms with Crippen LogP contribution >= 0.6 is 0 Å². The van der Waals surface area contributed by atoms with Crippen LogP contribution in [-0.4, -0.2) is 19.2 Å². The van der Waals surface area contributed by atoms with E-state index in [-0.39, 0.29) is 18.1 Å². The average Bonchev–Trinajstić information content (AvgIpc) is 2.84. The number of hydrogen-bond donors (Lipinski definition) is 0. The molecule has 6 heteroatoms. The molecule has 0 fully saturated rings. The summed E-state index contributed by atoms with van der Waals surface area (Å²) in [4.78, 5) is 24.4. The first-order valence-corrected chi connectivity index (χ1v) is 13.7. The molecule has 0 aliphatic carbocycles. The van der Waals surface area contributed by atoms with Crippen molar-refractivity contribution < 1.29 is 23.4 Å². The van der Waals surface area contributed by atoms with Crippen molar-refractivity contribution in [2.75, 3.05) is 13.2 Å². The van der Waals surface area contributed by atoms with Crippen molar-refractivity contribution in [2.45, 2.75) is 98.8 Å². The maximum absolute atomic E-state index is 12.6. The van der Waals surface area contributed by atoms with Crippen LogP contribution in [0.1, 0.15) is 98.8 Å². The summed E-state index contributed by atoms with van der Waals surface area (Å²) in [6.07, 6.45) is 15.7. The third-order valence-electron chi connectivity index (χ3n) is 6.06. The van der Waals surface area contributed by atoms with E-state index in [2.05, 4.69) is 26.8 Å². The summed E-state index contributed by atoms with van der Waals surface area (Å²) in [5, 5.41) is 0.494. The Balaban J connectivity index is 2.17. The van der Waals surface area contributed by atoms with Gasteiger partial charge in [0, 0.05) is 6.92 Å². The molecule has 0 aliphatic rings. The maximum Gasteiger partial charge on any atom is 0.383 e. The highest BCUT2D eigenvalue weighted by Gasteiger charge is 2.22. The van der Waals surface area contributed by atoms with Crippen LogP contribution in [0.4, 0.5) is 0 Å². The van der Waals surface area contributed by atoms with E-state index in [0.29, 0.717) is 23.3 Å². The molecule has 0 bridgehead atoms. The second kappa shape index (κ2) is 16.7. The predicted octanol–water partition coefficient (Wildman–Crippen LogP) is 8.31. The van der Waals surface area contributed by atoms with Crippen molar-refractivity contribution in [1.29, 1.82) is 0 Å². The topological polar surface area (TPSA) is 75.0 Å². The van der Waals surface area contributed by atoms with Gasteiger partial charge in [-0.1, -0.05) is 75.2 Å². The number of unbranched alkanes of at least 4 members (excludes halogenated alkanes) is 7. The highest BCUT2D eigenvalue weighted by molar-refractivity contribution is 5.92. The van der Waals surface area contributed by atoms with E-state index in [0.717, 1.165) is 25.7 Å². The van der Waals surface area contributed by atoms with Crippen LogP contribution in [0.3, 0.4) is 0 Å². The summed E-state index contributed by atoms with van der Waals surface area (Å²) in [7, 11) is 0. The standard InChI is InChI=1S/C31H44O6/c1-6-7-8-9-10-11-12-13-21-34-26-18-15-19-27-28(26)29(30(31(33)37-27)36-25(5)32)35-22-20-24(4)17-14-16-23(2)3/h15-16,18-20H,6-14,17,21-22H2,1-5H3/b24-20+. The van der Waals surface area contributed by atoms with Crippen LogP contribution in [0.2, 0.25) is 0 Å². The number of rotatable bonds is 17. The van der Waals surface area contributed by atoms with Crippen LogP contribution < -0.4 is 19.8 Å². The van der Waals surface area contributed by atoms with Gasteiger partial charge in [-0.15, -0.1) is 0 Å². The van der Waals surface area contributed by atoms with E-state index in [4.69, 9.17) is 18.6 Å². The Morgan fingerprint density at radius 1 is 0.892 bits per heavy atom. The number of fused-ring (bicyclic) bond motifs is 1. The highest BCUT2D eigenvalue weighted by Crippen LogP contribution is 2.39. The molecule has 2 rings (SSSR count). The lowest BCUT2D eigenvalue weighted by atomic mass is 10.1. The smallest absolute Gasteiger partial charge is 0.383 e. The fraction of sp³-hybridized carbons (Fsp3) is 0.548. The fourth-order valence-corrected chi connectivity index (χ4v) is 4.04. The Morgan fingerprint density at radius 2 is 1.59 bits per heavy atom. The molecule has 37 heavy (non-hydrogen) atoms. The summed E-state index contributed by atoms with van der Waals surface area (Å²) in [6.45, 7) is 10.4. The van der Waals surface area contributed by atoms with Gasteiger partial charge in [0.05, 0.1) is 6.61 Å². The minimum atomic E-state index is -0.762. The number of ether oxygens (including phenoxy) is 3. The van der Waals surface area contributed by atoms with E-state index in [1.807, 2.05) is 19.1 Å². The van der Waals surface area contributed by atoms with Gasteiger partial charge < -0.3 is 18.6 Å². The number of allylic oxidation sites excluding steroid dienone is 3. The Kier molecular flexibility index (Phi) is 13.6. The Morgan fingerprint density at radius 3 is 2.27 bits per heavy atom. The van der Waals surface area contributed by atoms with Gasteiger partial charge in [-0.3, -0.25) is 4.79 Å². The van der Waals surface area contributed by atoms with Crippen molar-refractivity contribution in [2.24, 2.45) is 0 Å². The lowest BCUT2D eigenvalue weighted by molar-refractivity contribution is -0.132. The number of esters is 1. The van der Waals surface area contributed by atoms with Crippen LogP contribution in [-0.2, 0) is 4.79 Å². The molecule has 1 aromatic carbocycles. The molecular formula is C31H44O6. The van der Waals surface area contributed by atoms with Gasteiger partial charge in [0.25, 0.3) is 5.75 Å². The van der Waals surface area contributed by atoms with Gasteiger partial charge in [-0.2, -0.15) is 0 Å². The summed E-state index contributed by atoms with van der Waals surface area (Å²) in [5.74, 6) is -0.167. The first kappa shape index (κ1) is 30.2. The fourth-order valence-electron chi connectivity index (χ4n) is 4.04. The van der Waals surface area contributed by atoms with Gasteiger partial charge in [0.15, 0.2) is 5.75 Å². The first-order valence-electron chi connectivity index (χ1n) is 13.7. The average molecular weight is 513 g/mol. The lowest BCUT2D eigenvalue weighted by Gasteiger charge is -2.15. The van der Waals surface area contributed by atoms with Crippen LogP contribution in [0.5, 0.6) is 17.2 Å². The van der Waals surface area contributed by atoms with Crippen molar-refractivity contribution in [1.82, 2.24) is 0 Å². The molecule has 0 amide bonds. The molecule has 0 radical (unpaired) electrons. The first-order chi connectivity index (χ1) is 17.8. The molecule has 2 aromatic rings. The molecular weight excluding hydrogens is 468 g/mol. The van der Waals surface area contributed by atoms with Gasteiger partial charge in [-0.25, -0.2) is 4.79 Å². The third-order valence-corrected chi connectivity index (χ3v) is 6.06. The number of carbonyl (C=O) groups is 1. The molecule has 0 aliphatic heterocycles. The maximum atomic E-state index is 12.6. The molecule has 0 saturated carbocycles. The third kappa shape index (κ3) is 10.9. The van der Waals surface area contributed by atoms with Crippen molar-refractivity contribution >= 4 is 16.9 Å². The molecule has 1 aromatic heterocycles. The lowest BCUT2D eigenvalue weighted by Crippen LogP contribution is -2.14. The summed E-state index contributed by atoms with van der Waals surface area (Å²) in [6, 6.07) is 5.28. The molecule has 204 valence electrons. The summed E-state index contributed by atoms with van der Waals surface area (Å²) < 4.78 is 22.8. The van der Waals surface area contributed by atoms with Crippen molar-refractivity contribution in [3.05, 3.63) is 51.9 Å². The van der Waals surface area contributed by atoms with Crippen molar-refractivity contribution in [3.8, 4) is 17.2 Å². The SMILES string of the molecule is CCCCCCCCCCOc1cccc2oc(=O)c(OC(C)=O)c(OC/C=C(\C)CCC=C(C)C)c12. The largest absolute Gasteiger partial charge is 0.493 e. The molecule has 0 atom stereocenters. The Labute approximate surface area is 221 Å². The van der Waals surface area contributed by atoms with E-state index in [1.54, 1.807) is 12.1 Å². The minimum absolute atomic E-state index is 0.168. The zero-order chi connectivity index (χ0) is 27.0. The molecule has 1 heterocycles. The van der Waals surface area contributed by atoms with E-state index < -0.39 is 11.6 Å². The molecule has 0 saturated heterocycles. The van der Waals surface area contributed by atoms with Gasteiger partial charge in [-0.05, 0) is 58.2 Å².